The highest BCUT2D eigenvalue weighted by Crippen LogP contribution is 2.35. The number of nitrogens with zero attached hydrogens (tertiary/aromatic N) is 2. The van der Waals surface area contributed by atoms with E-state index in [-0.39, 0.29) is 34.8 Å². The number of hydrogen-bond acceptors (Lipinski definition) is 5. The van der Waals surface area contributed by atoms with Gasteiger partial charge in [-0.3, -0.25) is 9.59 Å². The predicted octanol–water partition coefficient (Wildman–Crippen LogP) is 4.49. The van der Waals surface area contributed by atoms with Gasteiger partial charge in [-0.15, -0.1) is 23.5 Å². The highest BCUT2D eigenvalue weighted by atomic mass is 35.5. The Balaban J connectivity index is 1.43. The highest BCUT2D eigenvalue weighted by molar-refractivity contribution is 8.00. The van der Waals surface area contributed by atoms with Crippen LogP contribution in [-0.4, -0.2) is 41.4 Å². The largest absolute Gasteiger partial charge is 0.417 e. The topological polar surface area (TPSA) is 62.3 Å². The third-order valence-corrected chi connectivity index (χ3v) is 6.62. The summed E-state index contributed by atoms with van der Waals surface area (Å²) in [6.07, 6.45) is -3.62. The third kappa shape index (κ3) is 5.83. The standard InChI is InChI=1S/C19H17ClF3N3O2S2/c20-13-9-12(19(21,22)23)10-25-18(13)29-8-6-24-16(27)5-7-26-14-3-1-2-4-15(14)30-11-17(26)28/h1-4,9-10H,5-8,11H2,(H,24,27). The molecule has 0 saturated carbocycles. The van der Waals surface area contributed by atoms with Gasteiger partial charge in [0.1, 0.15) is 5.03 Å². The zero-order valence-electron chi connectivity index (χ0n) is 15.5. The van der Waals surface area contributed by atoms with Crippen LogP contribution in [0.5, 0.6) is 0 Å². The Bertz CT molecular complexity index is 943. The second kappa shape index (κ2) is 9.93. The number of carbonyl (C=O) groups excluding carboxylic acids is 2. The van der Waals surface area contributed by atoms with E-state index in [0.29, 0.717) is 18.1 Å². The van der Waals surface area contributed by atoms with Gasteiger partial charge in [0, 0.05) is 36.4 Å². The number of fused-ring (bicyclic) bond motifs is 1. The lowest BCUT2D eigenvalue weighted by molar-refractivity contribution is -0.138. The molecule has 3 rings (SSSR count). The summed E-state index contributed by atoms with van der Waals surface area (Å²) in [6, 6.07) is 8.39. The fourth-order valence-corrected chi connectivity index (χ4v) is 4.71. The molecule has 1 aromatic heterocycles. The van der Waals surface area contributed by atoms with Crippen molar-refractivity contribution in [1.82, 2.24) is 10.3 Å². The molecule has 160 valence electrons. The van der Waals surface area contributed by atoms with Crippen molar-refractivity contribution in [3.8, 4) is 0 Å². The van der Waals surface area contributed by atoms with Gasteiger partial charge in [0.15, 0.2) is 0 Å². The molecule has 0 atom stereocenters. The molecule has 30 heavy (non-hydrogen) atoms. The van der Waals surface area contributed by atoms with Crippen LogP contribution in [0.2, 0.25) is 5.02 Å². The first-order chi connectivity index (χ1) is 14.3. The van der Waals surface area contributed by atoms with Gasteiger partial charge in [-0.2, -0.15) is 13.2 Å². The number of aromatic nitrogens is 1. The molecule has 1 aliphatic heterocycles. The number of thioether (sulfide) groups is 2. The van der Waals surface area contributed by atoms with E-state index in [9.17, 15) is 22.8 Å². The van der Waals surface area contributed by atoms with Crippen LogP contribution in [0.15, 0.2) is 46.5 Å². The van der Waals surface area contributed by atoms with Crippen LogP contribution in [0, 0.1) is 0 Å². The molecule has 11 heteroatoms. The lowest BCUT2D eigenvalue weighted by Crippen LogP contribution is -2.38. The van der Waals surface area contributed by atoms with Gasteiger partial charge in [0.2, 0.25) is 11.8 Å². The number of para-hydroxylation sites is 1. The highest BCUT2D eigenvalue weighted by Gasteiger charge is 2.31. The van der Waals surface area contributed by atoms with Gasteiger partial charge >= 0.3 is 6.18 Å². The van der Waals surface area contributed by atoms with E-state index >= 15 is 0 Å². The number of halogens is 4. The molecule has 2 aromatic rings. The summed E-state index contributed by atoms with van der Waals surface area (Å²) < 4.78 is 37.9. The molecule has 0 radical (unpaired) electrons. The summed E-state index contributed by atoms with van der Waals surface area (Å²) in [5.74, 6) is 0.484. The summed E-state index contributed by atoms with van der Waals surface area (Å²) in [5.41, 5.74) is -0.0949. The fraction of sp³-hybridized carbons (Fsp3) is 0.316. The Morgan fingerprint density at radius 1 is 1.33 bits per heavy atom. The summed E-state index contributed by atoms with van der Waals surface area (Å²) in [4.78, 5) is 30.7. The Hall–Kier alpha value is -1.91. The molecule has 5 nitrogen and oxygen atoms in total. The zero-order valence-corrected chi connectivity index (χ0v) is 17.9. The summed E-state index contributed by atoms with van der Waals surface area (Å²) in [7, 11) is 0. The predicted molar refractivity (Wildman–Crippen MR) is 112 cm³/mol. The average molecular weight is 476 g/mol. The summed E-state index contributed by atoms with van der Waals surface area (Å²) in [5, 5.41) is 2.92. The first-order valence-corrected chi connectivity index (χ1v) is 11.2. The van der Waals surface area contributed by atoms with Crippen molar-refractivity contribution >= 4 is 52.6 Å². The first kappa shape index (κ1) is 22.8. The van der Waals surface area contributed by atoms with Crippen molar-refractivity contribution in [3.05, 3.63) is 47.1 Å². The Labute approximate surface area is 184 Å². The SMILES string of the molecule is O=C(CCN1C(=O)CSc2ccccc21)NCCSc1ncc(C(F)(F)F)cc1Cl. The molecule has 0 bridgehead atoms. The summed E-state index contributed by atoms with van der Waals surface area (Å²) >= 11 is 8.49. The molecular formula is C19H17ClF3N3O2S2. The maximum Gasteiger partial charge on any atom is 0.417 e. The van der Waals surface area contributed by atoms with E-state index in [2.05, 4.69) is 10.3 Å². The molecule has 0 unspecified atom stereocenters. The van der Waals surface area contributed by atoms with Crippen LogP contribution >= 0.6 is 35.1 Å². The minimum atomic E-state index is -4.50. The van der Waals surface area contributed by atoms with E-state index in [1.807, 2.05) is 24.3 Å². The Morgan fingerprint density at radius 2 is 2.10 bits per heavy atom. The molecular weight excluding hydrogens is 459 g/mol. The second-order valence-corrected chi connectivity index (χ2v) is 8.77. The molecule has 1 N–H and O–H groups in total. The van der Waals surface area contributed by atoms with E-state index < -0.39 is 11.7 Å². The van der Waals surface area contributed by atoms with E-state index in [4.69, 9.17) is 11.6 Å². The number of hydrogen-bond donors (Lipinski definition) is 1. The van der Waals surface area contributed by atoms with Crippen LogP contribution < -0.4 is 10.2 Å². The molecule has 0 fully saturated rings. The van der Waals surface area contributed by atoms with Gasteiger partial charge in [0.05, 0.1) is 22.0 Å². The average Bonchev–Trinajstić information content (AvgIpc) is 2.70. The fourth-order valence-electron chi connectivity index (χ4n) is 2.73. The van der Waals surface area contributed by atoms with Gasteiger partial charge in [-0.25, -0.2) is 4.98 Å². The van der Waals surface area contributed by atoms with Crippen LogP contribution in [0.3, 0.4) is 0 Å². The van der Waals surface area contributed by atoms with Crippen molar-refractivity contribution in [1.29, 1.82) is 0 Å². The Kier molecular flexibility index (Phi) is 7.54. The van der Waals surface area contributed by atoms with E-state index in [1.165, 1.54) is 11.8 Å². The third-order valence-electron chi connectivity index (χ3n) is 4.17. The molecule has 2 heterocycles. The van der Waals surface area contributed by atoms with Crippen LogP contribution in [0.4, 0.5) is 18.9 Å². The lowest BCUT2D eigenvalue weighted by Gasteiger charge is -2.28. The van der Waals surface area contributed by atoms with Crippen LogP contribution in [-0.2, 0) is 15.8 Å². The monoisotopic (exact) mass is 475 g/mol. The number of nitrogens with one attached hydrogen (secondary N) is 1. The quantitative estimate of drug-likeness (QED) is 0.472. The maximum atomic E-state index is 12.6. The van der Waals surface area contributed by atoms with Gasteiger partial charge in [0.25, 0.3) is 0 Å². The van der Waals surface area contributed by atoms with Gasteiger partial charge < -0.3 is 10.2 Å². The normalized spacial score (nSPS) is 13.9. The maximum absolute atomic E-state index is 12.6. The number of anilines is 1. The molecule has 0 aliphatic carbocycles. The number of benzene rings is 1. The lowest BCUT2D eigenvalue weighted by atomic mass is 10.2. The summed E-state index contributed by atoms with van der Waals surface area (Å²) in [6.45, 7) is 0.574. The second-order valence-electron chi connectivity index (χ2n) is 6.26. The van der Waals surface area contributed by atoms with E-state index in [0.717, 1.165) is 34.6 Å². The number of pyridine rings is 1. The number of rotatable bonds is 7. The number of alkyl halides is 3. The van der Waals surface area contributed by atoms with Crippen molar-refractivity contribution in [2.75, 3.05) is 29.5 Å². The number of amides is 2. The minimum Gasteiger partial charge on any atom is -0.355 e. The van der Waals surface area contributed by atoms with Gasteiger partial charge in [-0.1, -0.05) is 23.7 Å². The Morgan fingerprint density at radius 3 is 2.83 bits per heavy atom. The smallest absolute Gasteiger partial charge is 0.355 e. The van der Waals surface area contributed by atoms with E-state index in [1.54, 1.807) is 4.90 Å². The molecule has 1 aliphatic rings. The minimum absolute atomic E-state index is 0.0370. The number of carbonyl (C=O) groups is 2. The first-order valence-electron chi connectivity index (χ1n) is 8.90. The molecule has 0 saturated heterocycles. The van der Waals surface area contributed by atoms with Crippen molar-refractivity contribution < 1.29 is 22.8 Å². The van der Waals surface area contributed by atoms with Crippen molar-refractivity contribution in [2.45, 2.75) is 22.5 Å². The van der Waals surface area contributed by atoms with Gasteiger partial charge in [-0.05, 0) is 18.2 Å². The van der Waals surface area contributed by atoms with Crippen LogP contribution in [0.1, 0.15) is 12.0 Å². The molecule has 1 aromatic carbocycles. The van der Waals surface area contributed by atoms with Crippen molar-refractivity contribution in [2.24, 2.45) is 0 Å². The van der Waals surface area contributed by atoms with Crippen LogP contribution in [0.25, 0.3) is 0 Å². The van der Waals surface area contributed by atoms with Crippen molar-refractivity contribution in [3.63, 3.8) is 0 Å². The molecule has 0 spiro atoms. The molecule has 2 amide bonds. The zero-order chi connectivity index (χ0) is 21.7.